The van der Waals surface area contributed by atoms with Gasteiger partial charge in [-0.25, -0.2) is 9.78 Å². The van der Waals surface area contributed by atoms with E-state index in [0.717, 1.165) is 37.4 Å². The monoisotopic (exact) mass is 415 g/mol. The zero-order valence-electron chi connectivity index (χ0n) is 16.7. The van der Waals surface area contributed by atoms with Crippen LogP contribution in [-0.4, -0.2) is 48.7 Å². The fourth-order valence-electron chi connectivity index (χ4n) is 3.28. The third-order valence-corrected chi connectivity index (χ3v) is 5.03. The topological polar surface area (TPSA) is 63.7 Å². The Bertz CT molecular complexity index is 855. The van der Waals surface area contributed by atoms with Crippen LogP contribution in [0, 0.1) is 0 Å². The summed E-state index contributed by atoms with van der Waals surface area (Å²) in [6.07, 6.45) is 5.73. The van der Waals surface area contributed by atoms with Crippen LogP contribution in [-0.2, 0) is 16.1 Å². The number of ether oxygens (including phenoxy) is 2. The van der Waals surface area contributed by atoms with Gasteiger partial charge in [-0.2, -0.15) is 0 Å². The number of rotatable bonds is 8. The van der Waals surface area contributed by atoms with Crippen molar-refractivity contribution in [3.05, 3.63) is 58.8 Å². The zero-order chi connectivity index (χ0) is 20.6. The molecule has 2 heterocycles. The molecule has 0 unspecified atom stereocenters. The Kier molecular flexibility index (Phi) is 7.49. The van der Waals surface area contributed by atoms with E-state index in [1.807, 2.05) is 12.1 Å². The molecule has 0 spiro atoms. The number of carbonyl (C=O) groups excluding carboxylic acids is 1. The standard InChI is InChI=1S/C22H26ClN3O3/c1-3-29-21(27)9-6-17-12-20(23)22(24-13-17)25-18-10-11-26(15-18)14-16-4-7-19(28-2)8-5-16/h4-9,12-13,18H,3,10-11,14-15H2,1-2H3,(H,24,25)/t18-/m1/s1. The maximum absolute atomic E-state index is 11.4. The van der Waals surface area contributed by atoms with Crippen LogP contribution >= 0.6 is 11.6 Å². The molecular weight excluding hydrogens is 390 g/mol. The Hall–Kier alpha value is -2.57. The first-order valence-electron chi connectivity index (χ1n) is 9.69. The van der Waals surface area contributed by atoms with Crippen molar-refractivity contribution in [2.24, 2.45) is 0 Å². The van der Waals surface area contributed by atoms with Gasteiger partial charge in [-0.05, 0) is 48.7 Å². The first-order chi connectivity index (χ1) is 14.1. The first kappa shape index (κ1) is 21.1. The largest absolute Gasteiger partial charge is 0.497 e. The molecule has 6 nitrogen and oxygen atoms in total. The predicted octanol–water partition coefficient (Wildman–Crippen LogP) is 4.01. The average Bonchev–Trinajstić information content (AvgIpc) is 3.16. The Morgan fingerprint density at radius 2 is 2.17 bits per heavy atom. The van der Waals surface area contributed by atoms with E-state index in [1.165, 1.54) is 11.6 Å². The van der Waals surface area contributed by atoms with E-state index in [9.17, 15) is 4.79 Å². The number of methoxy groups -OCH3 is 1. The number of pyridine rings is 1. The first-order valence-corrected chi connectivity index (χ1v) is 10.1. The number of likely N-dealkylation sites (tertiary alicyclic amines) is 1. The molecule has 1 aliphatic rings. The fraction of sp³-hybridized carbons (Fsp3) is 0.364. The SMILES string of the molecule is CCOC(=O)C=Cc1cnc(N[C@@H]2CCN(Cc3ccc(OC)cc3)C2)c(Cl)c1. The third-order valence-electron chi connectivity index (χ3n) is 4.74. The summed E-state index contributed by atoms with van der Waals surface area (Å²) >= 11 is 6.38. The molecule has 0 radical (unpaired) electrons. The van der Waals surface area contributed by atoms with Gasteiger partial charge in [0.25, 0.3) is 0 Å². The Morgan fingerprint density at radius 3 is 2.86 bits per heavy atom. The Morgan fingerprint density at radius 1 is 1.38 bits per heavy atom. The lowest BCUT2D eigenvalue weighted by Crippen LogP contribution is -2.26. The van der Waals surface area contributed by atoms with Gasteiger partial charge in [0.1, 0.15) is 11.6 Å². The summed E-state index contributed by atoms with van der Waals surface area (Å²) < 4.78 is 10.1. The lowest BCUT2D eigenvalue weighted by molar-refractivity contribution is -0.137. The van der Waals surface area contributed by atoms with Crippen molar-refractivity contribution in [2.45, 2.75) is 25.9 Å². The molecule has 29 heavy (non-hydrogen) atoms. The van der Waals surface area contributed by atoms with Crippen molar-refractivity contribution < 1.29 is 14.3 Å². The molecule has 3 rings (SSSR count). The highest BCUT2D eigenvalue weighted by Gasteiger charge is 2.23. The normalized spacial score (nSPS) is 16.9. The number of halogens is 1. The molecule has 1 aromatic carbocycles. The van der Waals surface area contributed by atoms with Crippen molar-refractivity contribution in [1.29, 1.82) is 0 Å². The van der Waals surface area contributed by atoms with Gasteiger partial charge in [-0.1, -0.05) is 23.7 Å². The van der Waals surface area contributed by atoms with Crippen LogP contribution in [0.3, 0.4) is 0 Å². The second-order valence-electron chi connectivity index (χ2n) is 6.90. The predicted molar refractivity (Wildman–Crippen MR) is 115 cm³/mol. The number of carbonyl (C=O) groups is 1. The summed E-state index contributed by atoms with van der Waals surface area (Å²) in [7, 11) is 1.67. The second kappa shape index (κ2) is 10.3. The van der Waals surface area contributed by atoms with Gasteiger partial charge in [0.05, 0.1) is 18.7 Å². The van der Waals surface area contributed by atoms with Crippen LogP contribution in [0.15, 0.2) is 42.6 Å². The fourth-order valence-corrected chi connectivity index (χ4v) is 3.51. The van der Waals surface area contributed by atoms with Gasteiger partial charge >= 0.3 is 5.97 Å². The van der Waals surface area contributed by atoms with Gasteiger partial charge < -0.3 is 14.8 Å². The minimum Gasteiger partial charge on any atom is -0.497 e. The van der Waals surface area contributed by atoms with Gasteiger partial charge in [-0.15, -0.1) is 0 Å². The summed E-state index contributed by atoms with van der Waals surface area (Å²) in [6.45, 7) is 4.96. The van der Waals surface area contributed by atoms with E-state index in [2.05, 4.69) is 27.3 Å². The number of anilines is 1. The minimum atomic E-state index is -0.381. The van der Waals surface area contributed by atoms with Gasteiger partial charge in [0.15, 0.2) is 0 Å². The number of hydrogen-bond acceptors (Lipinski definition) is 6. The van der Waals surface area contributed by atoms with E-state index in [-0.39, 0.29) is 5.97 Å². The maximum atomic E-state index is 11.4. The van der Waals surface area contributed by atoms with E-state index in [1.54, 1.807) is 32.4 Å². The van der Waals surface area contributed by atoms with Crippen molar-refractivity contribution in [1.82, 2.24) is 9.88 Å². The molecule has 0 bridgehead atoms. The molecule has 0 aliphatic carbocycles. The quantitative estimate of drug-likeness (QED) is 0.519. The van der Waals surface area contributed by atoms with Crippen LogP contribution in [0.1, 0.15) is 24.5 Å². The lowest BCUT2D eigenvalue weighted by Gasteiger charge is -2.18. The molecule has 154 valence electrons. The van der Waals surface area contributed by atoms with Crippen LogP contribution in [0.25, 0.3) is 6.08 Å². The molecule has 0 saturated carbocycles. The van der Waals surface area contributed by atoms with Gasteiger partial charge in [0.2, 0.25) is 0 Å². The molecule has 1 N–H and O–H groups in total. The highest BCUT2D eigenvalue weighted by molar-refractivity contribution is 6.33. The highest BCUT2D eigenvalue weighted by atomic mass is 35.5. The summed E-state index contributed by atoms with van der Waals surface area (Å²) in [5.74, 6) is 1.15. The molecule has 0 amide bonds. The molecule has 1 aliphatic heterocycles. The molecule has 1 fully saturated rings. The van der Waals surface area contributed by atoms with Gasteiger partial charge in [0, 0.05) is 37.9 Å². The summed E-state index contributed by atoms with van der Waals surface area (Å²) in [5.41, 5.74) is 2.02. The van der Waals surface area contributed by atoms with E-state index in [4.69, 9.17) is 21.1 Å². The van der Waals surface area contributed by atoms with Crippen molar-refractivity contribution in [3.63, 3.8) is 0 Å². The average molecular weight is 416 g/mol. The maximum Gasteiger partial charge on any atom is 0.330 e. The number of benzene rings is 1. The molecule has 2 aromatic rings. The number of aromatic nitrogens is 1. The van der Waals surface area contributed by atoms with E-state index < -0.39 is 0 Å². The summed E-state index contributed by atoms with van der Waals surface area (Å²) in [4.78, 5) is 18.2. The van der Waals surface area contributed by atoms with E-state index >= 15 is 0 Å². The summed E-state index contributed by atoms with van der Waals surface area (Å²) in [5, 5.41) is 3.97. The molecule has 1 saturated heterocycles. The van der Waals surface area contributed by atoms with Crippen LogP contribution in [0.2, 0.25) is 5.02 Å². The van der Waals surface area contributed by atoms with Crippen LogP contribution in [0.4, 0.5) is 5.82 Å². The van der Waals surface area contributed by atoms with Crippen molar-refractivity contribution in [3.8, 4) is 5.75 Å². The smallest absolute Gasteiger partial charge is 0.330 e. The Labute approximate surface area is 176 Å². The Balaban J connectivity index is 1.53. The second-order valence-corrected chi connectivity index (χ2v) is 7.30. The van der Waals surface area contributed by atoms with Crippen molar-refractivity contribution >= 4 is 29.5 Å². The number of hydrogen-bond donors (Lipinski definition) is 1. The number of esters is 1. The zero-order valence-corrected chi connectivity index (χ0v) is 17.5. The molecular formula is C22H26ClN3O3. The number of nitrogens with zero attached hydrogens (tertiary/aromatic N) is 2. The van der Waals surface area contributed by atoms with Gasteiger partial charge in [-0.3, -0.25) is 4.90 Å². The third kappa shape index (κ3) is 6.21. The minimum absolute atomic E-state index is 0.291. The lowest BCUT2D eigenvalue weighted by atomic mass is 10.2. The van der Waals surface area contributed by atoms with Crippen LogP contribution < -0.4 is 10.1 Å². The van der Waals surface area contributed by atoms with Crippen molar-refractivity contribution in [2.75, 3.05) is 32.1 Å². The van der Waals surface area contributed by atoms with E-state index in [0.29, 0.717) is 23.5 Å². The number of nitrogens with one attached hydrogen (secondary N) is 1. The molecule has 7 heteroatoms. The molecule has 1 atom stereocenters. The summed E-state index contributed by atoms with van der Waals surface area (Å²) in [6, 6.07) is 10.3. The highest BCUT2D eigenvalue weighted by Crippen LogP contribution is 2.24. The van der Waals surface area contributed by atoms with Crippen LogP contribution in [0.5, 0.6) is 5.75 Å². The molecule has 1 aromatic heterocycles.